The summed E-state index contributed by atoms with van der Waals surface area (Å²) >= 11 is 0. The van der Waals surface area contributed by atoms with E-state index in [4.69, 9.17) is 10.2 Å². The van der Waals surface area contributed by atoms with Crippen molar-refractivity contribution in [3.05, 3.63) is 35.4 Å². The summed E-state index contributed by atoms with van der Waals surface area (Å²) in [5.41, 5.74) is 2.24. The van der Waals surface area contributed by atoms with Crippen LogP contribution in [0, 0.1) is 6.92 Å². The van der Waals surface area contributed by atoms with E-state index < -0.39 is 6.10 Å². The van der Waals surface area contributed by atoms with E-state index in [-0.39, 0.29) is 6.61 Å². The number of aliphatic hydroxyl groups is 2. The quantitative estimate of drug-likeness (QED) is 0.700. The molecule has 1 aromatic rings. The SMILES string of the molecule is Cc1cccc(C[C@@H](O)CO)c1. The van der Waals surface area contributed by atoms with Crippen molar-refractivity contribution in [2.24, 2.45) is 0 Å². The molecule has 0 saturated carbocycles. The van der Waals surface area contributed by atoms with Crippen LogP contribution in [0.5, 0.6) is 0 Å². The van der Waals surface area contributed by atoms with Crippen LogP contribution in [-0.4, -0.2) is 22.9 Å². The van der Waals surface area contributed by atoms with Gasteiger partial charge in [0.2, 0.25) is 0 Å². The van der Waals surface area contributed by atoms with Crippen LogP contribution in [0.2, 0.25) is 0 Å². The highest BCUT2D eigenvalue weighted by molar-refractivity contribution is 5.22. The number of aliphatic hydroxyl groups excluding tert-OH is 2. The Balaban J connectivity index is 2.63. The lowest BCUT2D eigenvalue weighted by Gasteiger charge is -2.06. The van der Waals surface area contributed by atoms with E-state index in [9.17, 15) is 0 Å². The van der Waals surface area contributed by atoms with E-state index in [0.717, 1.165) is 5.56 Å². The molecular weight excluding hydrogens is 152 g/mol. The molecule has 0 aliphatic carbocycles. The zero-order chi connectivity index (χ0) is 8.97. The lowest BCUT2D eigenvalue weighted by atomic mass is 10.1. The average molecular weight is 166 g/mol. The van der Waals surface area contributed by atoms with Gasteiger partial charge in [0.05, 0.1) is 12.7 Å². The van der Waals surface area contributed by atoms with Gasteiger partial charge in [-0.05, 0) is 12.5 Å². The first-order valence-electron chi connectivity index (χ1n) is 4.07. The fourth-order valence-corrected chi connectivity index (χ4v) is 1.18. The molecule has 0 aliphatic rings. The molecule has 12 heavy (non-hydrogen) atoms. The normalized spacial score (nSPS) is 12.9. The van der Waals surface area contributed by atoms with Gasteiger partial charge in [0, 0.05) is 6.42 Å². The van der Waals surface area contributed by atoms with Gasteiger partial charge in [0.25, 0.3) is 0 Å². The summed E-state index contributed by atoms with van der Waals surface area (Å²) in [6.07, 6.45) is -0.107. The summed E-state index contributed by atoms with van der Waals surface area (Å²) in [6, 6.07) is 7.92. The zero-order valence-corrected chi connectivity index (χ0v) is 7.20. The van der Waals surface area contributed by atoms with Gasteiger partial charge in [-0.15, -0.1) is 0 Å². The second-order valence-corrected chi connectivity index (χ2v) is 3.03. The number of aryl methyl sites for hydroxylation is 1. The van der Waals surface area contributed by atoms with Gasteiger partial charge in [-0.3, -0.25) is 0 Å². The molecule has 1 rings (SSSR count). The van der Waals surface area contributed by atoms with Gasteiger partial charge < -0.3 is 10.2 Å². The Morgan fingerprint density at radius 3 is 2.75 bits per heavy atom. The minimum Gasteiger partial charge on any atom is -0.394 e. The predicted molar refractivity (Wildman–Crippen MR) is 48.0 cm³/mol. The van der Waals surface area contributed by atoms with Gasteiger partial charge in [-0.1, -0.05) is 29.8 Å². The molecule has 1 aromatic carbocycles. The number of hydrogen-bond acceptors (Lipinski definition) is 2. The molecule has 0 bridgehead atoms. The summed E-state index contributed by atoms with van der Waals surface area (Å²) in [5, 5.41) is 17.8. The van der Waals surface area contributed by atoms with E-state index in [2.05, 4.69) is 0 Å². The third-order valence-electron chi connectivity index (χ3n) is 1.76. The van der Waals surface area contributed by atoms with Crippen LogP contribution in [0.25, 0.3) is 0 Å². The van der Waals surface area contributed by atoms with Crippen molar-refractivity contribution >= 4 is 0 Å². The van der Waals surface area contributed by atoms with Crippen molar-refractivity contribution in [2.75, 3.05) is 6.61 Å². The standard InChI is InChI=1S/C10H14O2/c1-8-3-2-4-9(5-8)6-10(12)7-11/h2-5,10-12H,6-7H2,1H3/t10-/m1/s1. The molecule has 0 aliphatic heterocycles. The molecule has 0 saturated heterocycles. The van der Waals surface area contributed by atoms with Gasteiger partial charge in [0.15, 0.2) is 0 Å². The van der Waals surface area contributed by atoms with Crippen molar-refractivity contribution in [1.29, 1.82) is 0 Å². The van der Waals surface area contributed by atoms with Gasteiger partial charge in [0.1, 0.15) is 0 Å². The number of rotatable bonds is 3. The average Bonchev–Trinajstić information content (AvgIpc) is 2.04. The lowest BCUT2D eigenvalue weighted by molar-refractivity contribution is 0.0955. The largest absolute Gasteiger partial charge is 0.394 e. The molecule has 0 unspecified atom stereocenters. The molecule has 66 valence electrons. The van der Waals surface area contributed by atoms with Crippen molar-refractivity contribution in [3.63, 3.8) is 0 Å². The van der Waals surface area contributed by atoms with E-state index >= 15 is 0 Å². The van der Waals surface area contributed by atoms with Crippen LogP contribution < -0.4 is 0 Å². The molecule has 0 spiro atoms. The Hall–Kier alpha value is -0.860. The van der Waals surface area contributed by atoms with E-state index in [1.165, 1.54) is 5.56 Å². The highest BCUT2D eigenvalue weighted by Crippen LogP contribution is 2.06. The monoisotopic (exact) mass is 166 g/mol. The Bertz CT molecular complexity index is 245. The van der Waals surface area contributed by atoms with Crippen LogP contribution >= 0.6 is 0 Å². The molecular formula is C10H14O2. The third-order valence-corrected chi connectivity index (χ3v) is 1.76. The Labute approximate surface area is 72.5 Å². The Morgan fingerprint density at radius 2 is 2.17 bits per heavy atom. The summed E-state index contributed by atoms with van der Waals surface area (Å²) in [4.78, 5) is 0. The smallest absolute Gasteiger partial charge is 0.0811 e. The van der Waals surface area contributed by atoms with Crippen molar-refractivity contribution in [1.82, 2.24) is 0 Å². The highest BCUT2D eigenvalue weighted by Gasteiger charge is 2.02. The second kappa shape index (κ2) is 4.24. The lowest BCUT2D eigenvalue weighted by Crippen LogP contribution is -2.14. The second-order valence-electron chi connectivity index (χ2n) is 3.03. The maximum atomic E-state index is 9.15. The van der Waals surface area contributed by atoms with Crippen LogP contribution in [0.1, 0.15) is 11.1 Å². The topological polar surface area (TPSA) is 40.5 Å². The number of benzene rings is 1. The molecule has 0 aromatic heterocycles. The minimum atomic E-state index is -0.633. The first-order chi connectivity index (χ1) is 5.72. The fraction of sp³-hybridized carbons (Fsp3) is 0.400. The molecule has 1 atom stereocenters. The zero-order valence-electron chi connectivity index (χ0n) is 7.20. The molecule has 0 radical (unpaired) electrons. The summed E-state index contributed by atoms with van der Waals surface area (Å²) in [5.74, 6) is 0. The van der Waals surface area contributed by atoms with Crippen molar-refractivity contribution < 1.29 is 10.2 Å². The van der Waals surface area contributed by atoms with Crippen LogP contribution in [0.15, 0.2) is 24.3 Å². The first kappa shape index (κ1) is 9.23. The van der Waals surface area contributed by atoms with Gasteiger partial charge >= 0.3 is 0 Å². The maximum Gasteiger partial charge on any atom is 0.0811 e. The fourth-order valence-electron chi connectivity index (χ4n) is 1.18. The molecule has 2 N–H and O–H groups in total. The number of hydrogen-bond donors (Lipinski definition) is 2. The third kappa shape index (κ3) is 2.64. The molecule has 0 fully saturated rings. The Kier molecular flexibility index (Phi) is 3.26. The van der Waals surface area contributed by atoms with Gasteiger partial charge in [-0.2, -0.15) is 0 Å². The highest BCUT2D eigenvalue weighted by atomic mass is 16.3. The molecule has 0 heterocycles. The molecule has 0 amide bonds. The van der Waals surface area contributed by atoms with Crippen LogP contribution in [0.3, 0.4) is 0 Å². The van der Waals surface area contributed by atoms with E-state index in [0.29, 0.717) is 6.42 Å². The van der Waals surface area contributed by atoms with Crippen LogP contribution in [0.4, 0.5) is 0 Å². The minimum absolute atomic E-state index is 0.173. The Morgan fingerprint density at radius 1 is 1.42 bits per heavy atom. The van der Waals surface area contributed by atoms with Gasteiger partial charge in [-0.25, -0.2) is 0 Å². The first-order valence-corrected chi connectivity index (χ1v) is 4.07. The van der Waals surface area contributed by atoms with E-state index in [1.807, 2.05) is 31.2 Å². The molecule has 2 heteroatoms. The van der Waals surface area contributed by atoms with Crippen molar-refractivity contribution in [2.45, 2.75) is 19.4 Å². The summed E-state index contributed by atoms with van der Waals surface area (Å²) < 4.78 is 0. The van der Waals surface area contributed by atoms with E-state index in [1.54, 1.807) is 0 Å². The summed E-state index contributed by atoms with van der Waals surface area (Å²) in [6.45, 7) is 1.84. The van der Waals surface area contributed by atoms with Crippen molar-refractivity contribution in [3.8, 4) is 0 Å². The molecule has 2 nitrogen and oxygen atoms in total. The summed E-state index contributed by atoms with van der Waals surface area (Å²) in [7, 11) is 0. The maximum absolute atomic E-state index is 9.15. The predicted octanol–water partition coefficient (Wildman–Crippen LogP) is 0.891. The van der Waals surface area contributed by atoms with Crippen LogP contribution in [-0.2, 0) is 6.42 Å².